The maximum Gasteiger partial charge on any atom is 0.226 e. The molecule has 6 nitrogen and oxygen atoms in total. The number of para-hydroxylation sites is 2. The zero-order chi connectivity index (χ0) is 15.9. The molecule has 1 aromatic carbocycles. The van der Waals surface area contributed by atoms with Gasteiger partial charge >= 0.3 is 0 Å². The van der Waals surface area contributed by atoms with Crippen molar-refractivity contribution < 1.29 is 14.1 Å². The Bertz CT molecular complexity index is 623. The molecule has 0 saturated carbocycles. The first-order chi connectivity index (χ1) is 10.6. The second-order valence-electron chi connectivity index (χ2n) is 5.30. The number of nitrogens with one attached hydrogen (secondary N) is 1. The molecule has 0 radical (unpaired) electrons. The van der Waals surface area contributed by atoms with Crippen molar-refractivity contribution in [2.45, 2.75) is 39.0 Å². The minimum Gasteiger partial charge on any atom is -0.495 e. The number of carbonyl (C=O) groups is 1. The number of aromatic nitrogens is 2. The quantitative estimate of drug-likeness (QED) is 0.850. The topological polar surface area (TPSA) is 77.2 Å². The molecule has 0 aliphatic rings. The number of carbonyl (C=O) groups excluding carboxylic acids is 1. The van der Waals surface area contributed by atoms with Crippen molar-refractivity contribution in [3.63, 3.8) is 0 Å². The summed E-state index contributed by atoms with van der Waals surface area (Å²) in [7, 11) is 1.58. The summed E-state index contributed by atoms with van der Waals surface area (Å²) in [6, 6.07) is 7.32. The molecule has 2 aromatic rings. The molecule has 1 amide bonds. The van der Waals surface area contributed by atoms with Gasteiger partial charge in [-0.2, -0.15) is 4.98 Å². The minimum atomic E-state index is -0.0619. The Morgan fingerprint density at radius 1 is 1.36 bits per heavy atom. The van der Waals surface area contributed by atoms with Crippen LogP contribution in [0.1, 0.15) is 44.3 Å². The van der Waals surface area contributed by atoms with Crippen LogP contribution in [0.3, 0.4) is 0 Å². The number of aryl methyl sites for hydroxylation is 1. The Kier molecular flexibility index (Phi) is 5.52. The summed E-state index contributed by atoms with van der Waals surface area (Å²) in [6.45, 7) is 4.02. The van der Waals surface area contributed by atoms with Crippen molar-refractivity contribution in [2.75, 3.05) is 12.4 Å². The molecular formula is C16H21N3O3. The van der Waals surface area contributed by atoms with Gasteiger partial charge in [-0.3, -0.25) is 4.79 Å². The van der Waals surface area contributed by atoms with Crippen molar-refractivity contribution in [2.24, 2.45) is 0 Å². The number of methoxy groups -OCH3 is 1. The van der Waals surface area contributed by atoms with E-state index in [9.17, 15) is 4.79 Å². The summed E-state index contributed by atoms with van der Waals surface area (Å²) in [5.74, 6) is 2.11. The van der Waals surface area contributed by atoms with Crippen molar-refractivity contribution in [3.05, 3.63) is 36.0 Å². The lowest BCUT2D eigenvalue weighted by molar-refractivity contribution is -0.116. The molecule has 22 heavy (non-hydrogen) atoms. The molecule has 0 spiro atoms. The smallest absolute Gasteiger partial charge is 0.226 e. The van der Waals surface area contributed by atoms with E-state index >= 15 is 0 Å². The lowest BCUT2D eigenvalue weighted by Crippen LogP contribution is -2.12. The number of hydrogen-bond donors (Lipinski definition) is 1. The monoisotopic (exact) mass is 303 g/mol. The van der Waals surface area contributed by atoms with Gasteiger partial charge in [-0.05, 0) is 18.6 Å². The molecule has 118 valence electrons. The highest BCUT2D eigenvalue weighted by Gasteiger charge is 2.11. The van der Waals surface area contributed by atoms with Gasteiger partial charge in [0.2, 0.25) is 11.8 Å². The third-order valence-corrected chi connectivity index (χ3v) is 3.18. The number of amides is 1. The van der Waals surface area contributed by atoms with Crippen LogP contribution in [0.4, 0.5) is 5.69 Å². The van der Waals surface area contributed by atoms with Crippen LogP contribution >= 0.6 is 0 Å². The molecule has 0 aliphatic carbocycles. The molecule has 0 atom stereocenters. The summed E-state index contributed by atoms with van der Waals surface area (Å²) in [4.78, 5) is 16.2. The average molecular weight is 303 g/mol. The van der Waals surface area contributed by atoms with Crippen LogP contribution < -0.4 is 10.1 Å². The molecule has 1 aromatic heterocycles. The third kappa shape index (κ3) is 4.31. The van der Waals surface area contributed by atoms with Crippen LogP contribution in [-0.4, -0.2) is 23.2 Å². The largest absolute Gasteiger partial charge is 0.495 e. The standard InChI is InChI=1S/C16H21N3O3/c1-11(2)16-18-15(22-19-16)10-6-9-14(20)17-12-7-4-5-8-13(12)21-3/h4-5,7-8,11H,6,9-10H2,1-3H3,(H,17,20). The highest BCUT2D eigenvalue weighted by Crippen LogP contribution is 2.23. The van der Waals surface area contributed by atoms with Gasteiger partial charge in [0.15, 0.2) is 5.82 Å². The first kappa shape index (κ1) is 16.0. The van der Waals surface area contributed by atoms with E-state index in [0.29, 0.717) is 42.4 Å². The van der Waals surface area contributed by atoms with E-state index < -0.39 is 0 Å². The predicted molar refractivity (Wildman–Crippen MR) is 82.9 cm³/mol. The van der Waals surface area contributed by atoms with Crippen molar-refractivity contribution >= 4 is 11.6 Å². The highest BCUT2D eigenvalue weighted by atomic mass is 16.5. The number of ether oxygens (including phenoxy) is 1. The van der Waals surface area contributed by atoms with E-state index in [0.717, 1.165) is 0 Å². The maximum atomic E-state index is 12.0. The Morgan fingerprint density at radius 2 is 2.14 bits per heavy atom. The number of benzene rings is 1. The minimum absolute atomic E-state index is 0.0619. The number of nitrogens with zero attached hydrogens (tertiary/aromatic N) is 2. The Hall–Kier alpha value is -2.37. The molecule has 2 rings (SSSR count). The maximum absolute atomic E-state index is 12.0. The first-order valence-corrected chi connectivity index (χ1v) is 7.35. The predicted octanol–water partition coefficient (Wildman–Crippen LogP) is 3.16. The Labute approximate surface area is 129 Å². The molecule has 0 bridgehead atoms. The van der Waals surface area contributed by atoms with Crippen LogP contribution in [0, 0.1) is 0 Å². The fourth-order valence-electron chi connectivity index (χ4n) is 1.96. The average Bonchev–Trinajstić information content (AvgIpc) is 2.97. The van der Waals surface area contributed by atoms with Crippen LogP contribution in [-0.2, 0) is 11.2 Å². The zero-order valence-corrected chi connectivity index (χ0v) is 13.1. The highest BCUT2D eigenvalue weighted by molar-refractivity contribution is 5.92. The number of rotatable bonds is 7. The van der Waals surface area contributed by atoms with Crippen LogP contribution in [0.2, 0.25) is 0 Å². The van der Waals surface area contributed by atoms with E-state index in [4.69, 9.17) is 9.26 Å². The second-order valence-corrected chi connectivity index (χ2v) is 5.30. The summed E-state index contributed by atoms with van der Waals surface area (Å²) in [5.41, 5.74) is 0.676. The fraction of sp³-hybridized carbons (Fsp3) is 0.438. The first-order valence-electron chi connectivity index (χ1n) is 7.35. The normalized spacial score (nSPS) is 10.7. The van der Waals surface area contributed by atoms with Gasteiger partial charge in [0.25, 0.3) is 0 Å². The van der Waals surface area contributed by atoms with E-state index in [2.05, 4.69) is 15.5 Å². The SMILES string of the molecule is COc1ccccc1NC(=O)CCCc1nc(C(C)C)no1. The fourth-order valence-corrected chi connectivity index (χ4v) is 1.96. The van der Waals surface area contributed by atoms with Crippen LogP contribution in [0.15, 0.2) is 28.8 Å². The molecule has 0 saturated heterocycles. The summed E-state index contributed by atoms with van der Waals surface area (Å²) in [5, 5.41) is 6.74. The van der Waals surface area contributed by atoms with E-state index in [1.807, 2.05) is 38.1 Å². The molecule has 0 aliphatic heterocycles. The third-order valence-electron chi connectivity index (χ3n) is 3.18. The molecule has 1 N–H and O–H groups in total. The van der Waals surface area contributed by atoms with Gasteiger partial charge < -0.3 is 14.6 Å². The molecule has 0 unspecified atom stereocenters. The summed E-state index contributed by atoms with van der Waals surface area (Å²) >= 11 is 0. The van der Waals surface area contributed by atoms with Gasteiger partial charge in [-0.1, -0.05) is 31.1 Å². The van der Waals surface area contributed by atoms with Crippen LogP contribution in [0.25, 0.3) is 0 Å². The molecule has 1 heterocycles. The van der Waals surface area contributed by atoms with Crippen LogP contribution in [0.5, 0.6) is 5.75 Å². The van der Waals surface area contributed by atoms with Crippen molar-refractivity contribution in [3.8, 4) is 5.75 Å². The number of anilines is 1. The van der Waals surface area contributed by atoms with Gasteiger partial charge in [-0.25, -0.2) is 0 Å². The lowest BCUT2D eigenvalue weighted by atomic mass is 10.2. The van der Waals surface area contributed by atoms with E-state index in [1.54, 1.807) is 7.11 Å². The molecule has 0 fully saturated rings. The molecular weight excluding hydrogens is 282 g/mol. The summed E-state index contributed by atoms with van der Waals surface area (Å²) in [6.07, 6.45) is 1.64. The van der Waals surface area contributed by atoms with E-state index in [1.165, 1.54) is 0 Å². The van der Waals surface area contributed by atoms with Gasteiger partial charge in [-0.15, -0.1) is 0 Å². The van der Waals surface area contributed by atoms with Crippen molar-refractivity contribution in [1.29, 1.82) is 0 Å². The van der Waals surface area contributed by atoms with Gasteiger partial charge in [0, 0.05) is 18.8 Å². The lowest BCUT2D eigenvalue weighted by Gasteiger charge is -2.09. The van der Waals surface area contributed by atoms with Crippen molar-refractivity contribution in [1.82, 2.24) is 10.1 Å². The van der Waals surface area contributed by atoms with Gasteiger partial charge in [0.05, 0.1) is 12.8 Å². The number of hydrogen-bond acceptors (Lipinski definition) is 5. The van der Waals surface area contributed by atoms with E-state index in [-0.39, 0.29) is 11.8 Å². The summed E-state index contributed by atoms with van der Waals surface area (Å²) < 4.78 is 10.3. The molecule has 6 heteroatoms. The Morgan fingerprint density at radius 3 is 2.82 bits per heavy atom. The zero-order valence-electron chi connectivity index (χ0n) is 13.1. The Balaban J connectivity index is 1.80. The second kappa shape index (κ2) is 7.59. The van der Waals surface area contributed by atoms with Gasteiger partial charge in [0.1, 0.15) is 5.75 Å².